The summed E-state index contributed by atoms with van der Waals surface area (Å²) in [4.78, 5) is 3.63. The SMILES string of the molecule is COc1ccc(Cc2cnc(C(F)(F)F)n2-c2ccccc2OC)cc1. The van der Waals surface area contributed by atoms with Crippen molar-refractivity contribution in [2.45, 2.75) is 12.6 Å². The third kappa shape index (κ3) is 3.51. The molecule has 1 heterocycles. The molecule has 0 spiro atoms. The Morgan fingerprint density at radius 3 is 2.27 bits per heavy atom. The summed E-state index contributed by atoms with van der Waals surface area (Å²) in [5.74, 6) is 0.0421. The van der Waals surface area contributed by atoms with Crippen LogP contribution >= 0.6 is 0 Å². The minimum atomic E-state index is -4.58. The van der Waals surface area contributed by atoms with Crippen LogP contribution in [0.5, 0.6) is 11.5 Å². The molecule has 136 valence electrons. The van der Waals surface area contributed by atoms with Crippen LogP contribution in [0.25, 0.3) is 5.69 Å². The molecule has 0 saturated carbocycles. The first kappa shape index (κ1) is 17.8. The number of hydrogen-bond donors (Lipinski definition) is 0. The summed E-state index contributed by atoms with van der Waals surface area (Å²) in [7, 11) is 2.98. The molecular formula is C19H17F3N2O2. The van der Waals surface area contributed by atoms with E-state index in [1.807, 2.05) is 12.1 Å². The van der Waals surface area contributed by atoms with E-state index in [0.29, 0.717) is 22.9 Å². The highest BCUT2D eigenvalue weighted by Gasteiger charge is 2.38. The second kappa shape index (κ2) is 7.11. The first-order chi connectivity index (χ1) is 12.4. The van der Waals surface area contributed by atoms with Gasteiger partial charge in [0.05, 0.1) is 19.9 Å². The molecule has 0 bridgehead atoms. The monoisotopic (exact) mass is 362 g/mol. The number of aromatic nitrogens is 2. The van der Waals surface area contributed by atoms with Gasteiger partial charge in [0, 0.05) is 18.3 Å². The second-order valence-electron chi connectivity index (χ2n) is 5.60. The molecule has 0 saturated heterocycles. The Balaban J connectivity index is 2.09. The van der Waals surface area contributed by atoms with Gasteiger partial charge in [-0.1, -0.05) is 24.3 Å². The average molecular weight is 362 g/mol. The summed E-state index contributed by atoms with van der Waals surface area (Å²) in [6.45, 7) is 0. The highest BCUT2D eigenvalue weighted by atomic mass is 19.4. The van der Waals surface area contributed by atoms with Crippen molar-refractivity contribution >= 4 is 0 Å². The van der Waals surface area contributed by atoms with Crippen LogP contribution < -0.4 is 9.47 Å². The third-order valence-corrected chi connectivity index (χ3v) is 3.96. The number of nitrogens with zero attached hydrogens (tertiary/aromatic N) is 2. The molecule has 0 unspecified atom stereocenters. The number of methoxy groups -OCH3 is 2. The van der Waals surface area contributed by atoms with E-state index >= 15 is 0 Å². The quantitative estimate of drug-likeness (QED) is 0.671. The van der Waals surface area contributed by atoms with Crippen LogP contribution in [-0.2, 0) is 12.6 Å². The van der Waals surface area contributed by atoms with Crippen molar-refractivity contribution in [1.29, 1.82) is 0 Å². The first-order valence-corrected chi connectivity index (χ1v) is 7.84. The maximum absolute atomic E-state index is 13.5. The minimum Gasteiger partial charge on any atom is -0.497 e. The number of para-hydroxylation sites is 2. The fourth-order valence-electron chi connectivity index (χ4n) is 2.75. The molecule has 26 heavy (non-hydrogen) atoms. The summed E-state index contributed by atoms with van der Waals surface area (Å²) in [6, 6.07) is 13.7. The molecule has 0 fully saturated rings. The van der Waals surface area contributed by atoms with E-state index in [2.05, 4.69) is 4.98 Å². The van der Waals surface area contributed by atoms with Crippen molar-refractivity contribution < 1.29 is 22.6 Å². The van der Waals surface area contributed by atoms with E-state index in [1.54, 1.807) is 43.5 Å². The highest BCUT2D eigenvalue weighted by Crippen LogP contribution is 2.34. The summed E-state index contributed by atoms with van der Waals surface area (Å²) < 4.78 is 51.9. The van der Waals surface area contributed by atoms with Gasteiger partial charge in [0.15, 0.2) is 0 Å². The van der Waals surface area contributed by atoms with Gasteiger partial charge in [0.25, 0.3) is 0 Å². The Kier molecular flexibility index (Phi) is 4.88. The molecule has 7 heteroatoms. The van der Waals surface area contributed by atoms with Gasteiger partial charge in [-0.2, -0.15) is 13.2 Å². The van der Waals surface area contributed by atoms with Gasteiger partial charge < -0.3 is 9.47 Å². The largest absolute Gasteiger partial charge is 0.497 e. The van der Waals surface area contributed by atoms with E-state index in [-0.39, 0.29) is 6.42 Å². The van der Waals surface area contributed by atoms with Gasteiger partial charge in [0.2, 0.25) is 5.82 Å². The van der Waals surface area contributed by atoms with Crippen LogP contribution in [0.4, 0.5) is 13.2 Å². The van der Waals surface area contributed by atoms with Crippen LogP contribution in [0.2, 0.25) is 0 Å². The summed E-state index contributed by atoms with van der Waals surface area (Å²) in [5, 5.41) is 0. The van der Waals surface area contributed by atoms with E-state index in [9.17, 15) is 13.2 Å². The van der Waals surface area contributed by atoms with Crippen molar-refractivity contribution in [2.75, 3.05) is 14.2 Å². The number of ether oxygens (including phenoxy) is 2. The topological polar surface area (TPSA) is 36.3 Å². The molecule has 0 N–H and O–H groups in total. The second-order valence-corrected chi connectivity index (χ2v) is 5.60. The molecule has 0 aliphatic rings. The number of benzene rings is 2. The lowest BCUT2D eigenvalue weighted by Crippen LogP contribution is -2.16. The Hall–Kier alpha value is -2.96. The molecule has 0 amide bonds. The standard InChI is InChI=1S/C19H17F3N2O2/c1-25-15-9-7-13(8-10-15)11-14-12-23-18(19(20,21)22)24(14)16-5-3-4-6-17(16)26-2/h3-10,12H,11H2,1-2H3. The predicted molar refractivity (Wildman–Crippen MR) is 90.9 cm³/mol. The summed E-state index contributed by atoms with van der Waals surface area (Å²) in [6.07, 6.45) is -3.05. The smallest absolute Gasteiger partial charge is 0.450 e. The molecule has 3 aromatic rings. The molecule has 0 aliphatic carbocycles. The van der Waals surface area contributed by atoms with E-state index < -0.39 is 12.0 Å². The zero-order valence-electron chi connectivity index (χ0n) is 14.2. The summed E-state index contributed by atoms with van der Waals surface area (Å²) in [5.41, 5.74) is 1.55. The Bertz CT molecular complexity index is 887. The predicted octanol–water partition coefficient (Wildman–Crippen LogP) is 4.50. The van der Waals surface area contributed by atoms with Crippen LogP contribution in [-0.4, -0.2) is 23.8 Å². The lowest BCUT2D eigenvalue weighted by Gasteiger charge is -2.16. The maximum Gasteiger partial charge on any atom is 0.450 e. The fourth-order valence-corrected chi connectivity index (χ4v) is 2.75. The Labute approximate surface area is 148 Å². The first-order valence-electron chi connectivity index (χ1n) is 7.84. The van der Waals surface area contributed by atoms with Crippen LogP contribution in [0, 0.1) is 0 Å². The number of hydrogen-bond acceptors (Lipinski definition) is 3. The van der Waals surface area contributed by atoms with Crippen molar-refractivity contribution in [3.05, 3.63) is 71.8 Å². The number of rotatable bonds is 5. The maximum atomic E-state index is 13.5. The van der Waals surface area contributed by atoms with E-state index in [1.165, 1.54) is 13.3 Å². The van der Waals surface area contributed by atoms with Crippen molar-refractivity contribution in [1.82, 2.24) is 9.55 Å². The van der Waals surface area contributed by atoms with Crippen molar-refractivity contribution in [3.8, 4) is 17.2 Å². The van der Waals surface area contributed by atoms with Gasteiger partial charge in [-0.25, -0.2) is 4.98 Å². The highest BCUT2D eigenvalue weighted by molar-refractivity contribution is 5.49. The Morgan fingerprint density at radius 2 is 1.65 bits per heavy atom. The molecular weight excluding hydrogens is 345 g/mol. The summed E-state index contributed by atoms with van der Waals surface area (Å²) >= 11 is 0. The lowest BCUT2D eigenvalue weighted by molar-refractivity contribution is -0.146. The van der Waals surface area contributed by atoms with Gasteiger partial charge >= 0.3 is 6.18 Å². The van der Waals surface area contributed by atoms with Crippen molar-refractivity contribution in [3.63, 3.8) is 0 Å². The number of alkyl halides is 3. The molecule has 0 radical (unpaired) electrons. The van der Waals surface area contributed by atoms with Crippen LogP contribution in [0.3, 0.4) is 0 Å². The molecule has 3 rings (SSSR count). The molecule has 1 aromatic heterocycles. The third-order valence-electron chi connectivity index (χ3n) is 3.96. The van der Waals surface area contributed by atoms with Crippen LogP contribution in [0.15, 0.2) is 54.7 Å². The average Bonchev–Trinajstić information content (AvgIpc) is 3.06. The number of imidazole rings is 1. The Morgan fingerprint density at radius 1 is 0.962 bits per heavy atom. The van der Waals surface area contributed by atoms with Gasteiger partial charge in [-0.3, -0.25) is 4.57 Å². The normalized spacial score (nSPS) is 11.4. The minimum absolute atomic E-state index is 0.283. The number of halogens is 3. The van der Waals surface area contributed by atoms with Crippen LogP contribution in [0.1, 0.15) is 17.1 Å². The van der Waals surface area contributed by atoms with Crippen molar-refractivity contribution in [2.24, 2.45) is 0 Å². The van der Waals surface area contributed by atoms with E-state index in [4.69, 9.17) is 9.47 Å². The van der Waals surface area contributed by atoms with E-state index in [0.717, 1.165) is 10.1 Å². The molecule has 0 aliphatic heterocycles. The molecule has 4 nitrogen and oxygen atoms in total. The van der Waals surface area contributed by atoms with Gasteiger partial charge in [-0.15, -0.1) is 0 Å². The fraction of sp³-hybridized carbons (Fsp3) is 0.211. The lowest BCUT2D eigenvalue weighted by atomic mass is 10.1. The van der Waals surface area contributed by atoms with Gasteiger partial charge in [-0.05, 0) is 29.8 Å². The zero-order valence-corrected chi connectivity index (χ0v) is 14.2. The zero-order chi connectivity index (χ0) is 18.7. The molecule has 2 aromatic carbocycles. The molecule has 0 atom stereocenters. The van der Waals surface area contributed by atoms with Gasteiger partial charge in [0.1, 0.15) is 11.5 Å².